The molecule has 0 bridgehead atoms. The zero-order chi connectivity index (χ0) is 20.5. The molecule has 0 saturated heterocycles. The van der Waals surface area contributed by atoms with Crippen LogP contribution in [0.15, 0.2) is 12.1 Å². The molecule has 0 atom stereocenters. The van der Waals surface area contributed by atoms with Gasteiger partial charge < -0.3 is 10.1 Å². The van der Waals surface area contributed by atoms with Gasteiger partial charge in [-0.2, -0.15) is 0 Å². The molecular formula is C24H35NO2. The Balaban J connectivity index is 2.09. The van der Waals surface area contributed by atoms with E-state index in [1.165, 1.54) is 29.5 Å². The fourth-order valence-corrected chi connectivity index (χ4v) is 3.56. The molecule has 1 aromatic rings. The first kappa shape index (κ1) is 21.4. The van der Waals surface area contributed by atoms with Crippen LogP contribution in [0, 0.1) is 18.8 Å². The van der Waals surface area contributed by atoms with E-state index in [9.17, 15) is 4.79 Å². The zero-order valence-corrected chi connectivity index (χ0v) is 18.3. The zero-order valence-electron chi connectivity index (χ0n) is 18.3. The lowest BCUT2D eigenvalue weighted by Gasteiger charge is -2.42. The smallest absolute Gasteiger partial charge is 0.407 e. The third kappa shape index (κ3) is 5.51. The van der Waals surface area contributed by atoms with Crippen molar-refractivity contribution in [1.82, 2.24) is 5.32 Å². The second-order valence-electron chi connectivity index (χ2n) is 9.96. The summed E-state index contributed by atoms with van der Waals surface area (Å²) in [6.07, 6.45) is 2.62. The highest BCUT2D eigenvalue weighted by Crippen LogP contribution is 2.46. The molecule has 1 aliphatic carbocycles. The lowest BCUT2D eigenvalue weighted by Crippen LogP contribution is -2.34. The Kier molecular flexibility index (Phi) is 6.00. The molecule has 0 spiro atoms. The summed E-state index contributed by atoms with van der Waals surface area (Å²) >= 11 is 0. The first-order valence-corrected chi connectivity index (χ1v) is 9.93. The fraction of sp³-hybridized carbons (Fsp3) is 0.625. The number of benzene rings is 1. The first-order valence-electron chi connectivity index (χ1n) is 9.93. The molecule has 0 radical (unpaired) electrons. The Morgan fingerprint density at radius 1 is 1.11 bits per heavy atom. The Morgan fingerprint density at radius 3 is 2.22 bits per heavy atom. The van der Waals surface area contributed by atoms with Gasteiger partial charge in [0.2, 0.25) is 0 Å². The molecule has 1 N–H and O–H groups in total. The van der Waals surface area contributed by atoms with Crippen LogP contribution in [-0.2, 0) is 15.6 Å². The second-order valence-corrected chi connectivity index (χ2v) is 9.96. The third-order valence-corrected chi connectivity index (χ3v) is 5.34. The van der Waals surface area contributed by atoms with E-state index in [0.717, 1.165) is 5.56 Å². The molecule has 0 saturated carbocycles. The molecule has 148 valence electrons. The molecular weight excluding hydrogens is 334 g/mol. The average Bonchev–Trinajstić information content (AvgIpc) is 2.51. The monoisotopic (exact) mass is 369 g/mol. The number of carbonyl (C=O) groups excluding carboxylic acids is 1. The Hall–Kier alpha value is -1.95. The minimum absolute atomic E-state index is 0.188. The summed E-state index contributed by atoms with van der Waals surface area (Å²) in [7, 11) is 0. The molecule has 0 fully saturated rings. The van der Waals surface area contributed by atoms with E-state index in [-0.39, 0.29) is 10.8 Å². The number of carbonyl (C=O) groups is 1. The predicted molar refractivity (Wildman–Crippen MR) is 112 cm³/mol. The van der Waals surface area contributed by atoms with E-state index < -0.39 is 11.7 Å². The lowest BCUT2D eigenvalue weighted by atomic mass is 9.62. The largest absolute Gasteiger partial charge is 0.444 e. The predicted octanol–water partition coefficient (Wildman–Crippen LogP) is 5.61. The minimum Gasteiger partial charge on any atom is -0.444 e. The molecule has 0 heterocycles. The van der Waals surface area contributed by atoms with Crippen molar-refractivity contribution in [2.24, 2.45) is 0 Å². The average molecular weight is 370 g/mol. The number of alkyl carbamates (subject to hydrolysis) is 1. The van der Waals surface area contributed by atoms with E-state index in [2.05, 4.69) is 63.9 Å². The van der Waals surface area contributed by atoms with Crippen LogP contribution in [0.4, 0.5) is 4.79 Å². The van der Waals surface area contributed by atoms with Crippen LogP contribution >= 0.6 is 0 Å². The molecule has 2 rings (SSSR count). The van der Waals surface area contributed by atoms with Crippen LogP contribution in [0.1, 0.15) is 90.0 Å². The maximum absolute atomic E-state index is 11.7. The van der Waals surface area contributed by atoms with E-state index in [1.807, 2.05) is 20.8 Å². The molecule has 27 heavy (non-hydrogen) atoms. The van der Waals surface area contributed by atoms with Gasteiger partial charge in [0.25, 0.3) is 0 Å². The van der Waals surface area contributed by atoms with Gasteiger partial charge in [0, 0.05) is 18.5 Å². The summed E-state index contributed by atoms with van der Waals surface area (Å²) in [4.78, 5) is 11.7. The topological polar surface area (TPSA) is 38.3 Å². The van der Waals surface area contributed by atoms with Crippen LogP contribution in [0.25, 0.3) is 0 Å². The Labute approximate surface area is 165 Å². The summed E-state index contributed by atoms with van der Waals surface area (Å²) in [6.45, 7) is 17.5. The van der Waals surface area contributed by atoms with E-state index in [1.54, 1.807) is 0 Å². The van der Waals surface area contributed by atoms with Crippen LogP contribution in [0.3, 0.4) is 0 Å². The summed E-state index contributed by atoms with van der Waals surface area (Å²) in [5, 5.41) is 2.75. The van der Waals surface area contributed by atoms with Crippen LogP contribution in [0.2, 0.25) is 0 Å². The third-order valence-electron chi connectivity index (χ3n) is 5.34. The Morgan fingerprint density at radius 2 is 1.67 bits per heavy atom. The second kappa shape index (κ2) is 7.58. The molecule has 0 unspecified atom stereocenters. The molecule has 1 aromatic carbocycles. The first-order chi connectivity index (χ1) is 12.3. The number of amides is 1. The van der Waals surface area contributed by atoms with Gasteiger partial charge in [-0.1, -0.05) is 45.6 Å². The molecule has 0 aliphatic heterocycles. The van der Waals surface area contributed by atoms with Crippen molar-refractivity contribution in [3.63, 3.8) is 0 Å². The summed E-state index contributed by atoms with van der Waals surface area (Å²) in [5.41, 5.74) is 5.15. The molecule has 0 aromatic heterocycles. The number of nitrogens with one attached hydrogen (secondary N) is 1. The van der Waals surface area contributed by atoms with Gasteiger partial charge in [0.05, 0.1) is 0 Å². The number of hydrogen-bond donors (Lipinski definition) is 1. The summed E-state index contributed by atoms with van der Waals surface area (Å²) < 4.78 is 5.23. The maximum Gasteiger partial charge on any atom is 0.407 e. The van der Waals surface area contributed by atoms with Gasteiger partial charge in [-0.15, -0.1) is 0 Å². The van der Waals surface area contributed by atoms with Gasteiger partial charge in [0.1, 0.15) is 5.60 Å². The van der Waals surface area contributed by atoms with Crippen molar-refractivity contribution in [2.75, 3.05) is 6.54 Å². The van der Waals surface area contributed by atoms with Gasteiger partial charge in [-0.3, -0.25) is 0 Å². The van der Waals surface area contributed by atoms with Crippen LogP contribution in [-0.4, -0.2) is 18.2 Å². The van der Waals surface area contributed by atoms with E-state index in [0.29, 0.717) is 13.0 Å². The van der Waals surface area contributed by atoms with Crippen molar-refractivity contribution in [2.45, 2.75) is 91.1 Å². The summed E-state index contributed by atoms with van der Waals surface area (Å²) in [6, 6.07) is 4.62. The molecule has 3 heteroatoms. The van der Waals surface area contributed by atoms with Crippen LogP contribution < -0.4 is 5.32 Å². The van der Waals surface area contributed by atoms with E-state index >= 15 is 0 Å². The Bertz CT molecular complexity index is 770. The van der Waals surface area contributed by atoms with Gasteiger partial charge >= 0.3 is 6.09 Å². The highest BCUT2D eigenvalue weighted by Gasteiger charge is 2.37. The SMILES string of the molecule is Cc1cc2c(cc1C#CCCNC(=O)OC(C)(C)C)C(C)(C)CCC2(C)C. The molecule has 3 nitrogen and oxygen atoms in total. The van der Waals surface area contributed by atoms with Crippen LogP contribution in [0.5, 0.6) is 0 Å². The van der Waals surface area contributed by atoms with Crippen molar-refractivity contribution in [3.8, 4) is 11.8 Å². The number of rotatable bonds is 2. The maximum atomic E-state index is 11.7. The van der Waals surface area contributed by atoms with Crippen molar-refractivity contribution < 1.29 is 9.53 Å². The highest BCUT2D eigenvalue weighted by molar-refractivity contribution is 5.67. The lowest BCUT2D eigenvalue weighted by molar-refractivity contribution is 0.0529. The normalized spacial score (nSPS) is 17.3. The molecule has 1 aliphatic rings. The molecule has 1 amide bonds. The standard InChI is InChI=1S/C24H35NO2/c1-17-15-19-20(24(7,8)13-12-23(19,5)6)16-18(17)11-9-10-14-25-21(26)27-22(2,3)4/h15-16H,10,12-14H2,1-8H3,(H,25,26). The fourth-order valence-electron chi connectivity index (χ4n) is 3.56. The van der Waals surface area contributed by atoms with Crippen molar-refractivity contribution in [3.05, 3.63) is 34.4 Å². The number of ether oxygens (including phenoxy) is 1. The minimum atomic E-state index is -0.476. The van der Waals surface area contributed by atoms with Crippen molar-refractivity contribution in [1.29, 1.82) is 0 Å². The number of hydrogen-bond acceptors (Lipinski definition) is 2. The quantitative estimate of drug-likeness (QED) is 0.543. The van der Waals surface area contributed by atoms with Gasteiger partial charge in [0.15, 0.2) is 0 Å². The van der Waals surface area contributed by atoms with Crippen molar-refractivity contribution >= 4 is 6.09 Å². The van der Waals surface area contributed by atoms with E-state index in [4.69, 9.17) is 4.74 Å². The summed E-state index contributed by atoms with van der Waals surface area (Å²) in [5.74, 6) is 6.50. The number of fused-ring (bicyclic) bond motifs is 1. The van der Waals surface area contributed by atoms with Gasteiger partial charge in [-0.25, -0.2) is 4.79 Å². The number of aryl methyl sites for hydroxylation is 1. The van der Waals surface area contributed by atoms with Gasteiger partial charge in [-0.05, 0) is 74.1 Å². The highest BCUT2D eigenvalue weighted by atomic mass is 16.6.